The van der Waals surface area contributed by atoms with Crippen LogP contribution in [0.2, 0.25) is 0 Å². The first kappa shape index (κ1) is 28.5. The van der Waals surface area contributed by atoms with Gasteiger partial charge in [0.1, 0.15) is 17.3 Å². The number of aliphatic hydroxyl groups excluding tert-OH is 1. The van der Waals surface area contributed by atoms with Crippen molar-refractivity contribution in [3.05, 3.63) is 106 Å². The Morgan fingerprint density at radius 1 is 1.07 bits per heavy atom. The molecule has 41 heavy (non-hydrogen) atoms. The van der Waals surface area contributed by atoms with Crippen molar-refractivity contribution < 1.29 is 23.8 Å². The molecule has 3 aromatic carbocycles. The van der Waals surface area contributed by atoms with Crippen LogP contribution in [-0.4, -0.2) is 33.6 Å². The Morgan fingerprint density at radius 2 is 1.83 bits per heavy atom. The van der Waals surface area contributed by atoms with Gasteiger partial charge >= 0.3 is 5.91 Å². The van der Waals surface area contributed by atoms with E-state index in [1.807, 2.05) is 31.2 Å². The minimum atomic E-state index is -1.09. The second-order valence-electron chi connectivity index (χ2n) is 9.58. The number of aliphatic hydroxyl groups is 1. The fraction of sp³-hybridized carbons (Fsp3) is 0.226. The number of amides is 1. The van der Waals surface area contributed by atoms with E-state index >= 15 is 0 Å². The molecule has 0 saturated carbocycles. The molecule has 210 valence electrons. The van der Waals surface area contributed by atoms with Crippen LogP contribution in [0.5, 0.6) is 5.75 Å². The fourth-order valence-corrected chi connectivity index (χ4v) is 6.23. The van der Waals surface area contributed by atoms with E-state index in [2.05, 4.69) is 17.1 Å². The molecule has 1 aromatic heterocycles. The van der Waals surface area contributed by atoms with Crippen molar-refractivity contribution in [2.24, 2.45) is 0 Å². The summed E-state index contributed by atoms with van der Waals surface area (Å²) in [6.45, 7) is 4.66. The maximum atomic E-state index is 14.3. The zero-order chi connectivity index (χ0) is 28.9. The van der Waals surface area contributed by atoms with Gasteiger partial charge in [-0.2, -0.15) is 0 Å². The Morgan fingerprint density at radius 3 is 2.54 bits per heavy atom. The molecule has 1 N–H and O–H groups in total. The smallest absolute Gasteiger partial charge is 0.301 e. The van der Waals surface area contributed by atoms with Crippen LogP contribution in [0.4, 0.5) is 9.52 Å². The van der Waals surface area contributed by atoms with E-state index in [0.717, 1.165) is 29.7 Å². The van der Waals surface area contributed by atoms with Crippen LogP contribution in [0.3, 0.4) is 0 Å². The largest absolute Gasteiger partial charge is 0.507 e. The summed E-state index contributed by atoms with van der Waals surface area (Å²) in [5, 5.41) is 19.9. The van der Waals surface area contributed by atoms with E-state index in [9.17, 15) is 19.1 Å². The Balaban J connectivity index is 1.48. The molecule has 7 nitrogen and oxygen atoms in total. The summed E-state index contributed by atoms with van der Waals surface area (Å²) < 4.78 is 20.7. The summed E-state index contributed by atoms with van der Waals surface area (Å²) in [4.78, 5) is 28.0. The number of ketones is 1. The monoisotopic (exact) mass is 589 g/mol. The second-order valence-corrected chi connectivity index (χ2v) is 11.8. The molecule has 5 rings (SSSR count). The predicted octanol–water partition coefficient (Wildman–Crippen LogP) is 7.08. The number of carbonyl (C=O) groups excluding carboxylic acids is 2. The van der Waals surface area contributed by atoms with Crippen molar-refractivity contribution in [2.45, 2.75) is 42.8 Å². The summed E-state index contributed by atoms with van der Waals surface area (Å²) in [6, 6.07) is 19.3. The SMILES string of the molecule is CCCCOc1ccc(C(O)=C2C(=O)C(=O)N(c3nnc(SCc4ccc(C)cc4)s3)[C@H]2c2cccc(F)c2)cc1. The molecule has 1 aliphatic rings. The third-order valence-electron chi connectivity index (χ3n) is 6.59. The minimum absolute atomic E-state index is 0.149. The summed E-state index contributed by atoms with van der Waals surface area (Å²) in [7, 11) is 0. The van der Waals surface area contributed by atoms with E-state index in [0.29, 0.717) is 33.6 Å². The van der Waals surface area contributed by atoms with E-state index in [-0.39, 0.29) is 16.5 Å². The lowest BCUT2D eigenvalue weighted by atomic mass is 9.95. The number of aryl methyl sites for hydroxylation is 1. The van der Waals surface area contributed by atoms with Crippen molar-refractivity contribution in [2.75, 3.05) is 11.5 Å². The van der Waals surface area contributed by atoms with Crippen molar-refractivity contribution in [3.8, 4) is 5.75 Å². The average Bonchev–Trinajstić information content (AvgIpc) is 3.55. The van der Waals surface area contributed by atoms with E-state index in [1.54, 1.807) is 30.3 Å². The van der Waals surface area contributed by atoms with Gasteiger partial charge in [0, 0.05) is 11.3 Å². The lowest BCUT2D eigenvalue weighted by molar-refractivity contribution is -0.132. The number of rotatable bonds is 10. The number of aromatic nitrogens is 2. The van der Waals surface area contributed by atoms with Gasteiger partial charge in [-0.1, -0.05) is 78.4 Å². The summed E-state index contributed by atoms with van der Waals surface area (Å²) in [5.74, 6) is -1.37. The molecular formula is C31H28FN3O4S2. The molecule has 0 spiro atoms. The topological polar surface area (TPSA) is 92.6 Å². The summed E-state index contributed by atoms with van der Waals surface area (Å²) >= 11 is 2.62. The van der Waals surface area contributed by atoms with Crippen LogP contribution in [0.15, 0.2) is 82.7 Å². The van der Waals surface area contributed by atoms with Gasteiger partial charge in [-0.3, -0.25) is 14.5 Å². The quantitative estimate of drug-likeness (QED) is 0.0528. The molecule has 0 aliphatic carbocycles. The Labute approximate surface area is 245 Å². The third kappa shape index (κ3) is 6.34. The van der Waals surface area contributed by atoms with Crippen molar-refractivity contribution in [3.63, 3.8) is 0 Å². The number of unbranched alkanes of at least 4 members (excludes halogenated alkanes) is 1. The summed E-state index contributed by atoms with van der Waals surface area (Å²) in [5.41, 5.74) is 2.79. The van der Waals surface area contributed by atoms with E-state index in [4.69, 9.17) is 4.74 Å². The lowest BCUT2D eigenvalue weighted by Crippen LogP contribution is -2.29. The number of Topliss-reactive ketones (excluding diaryl/α,β-unsaturated/α-hetero) is 1. The van der Waals surface area contributed by atoms with Gasteiger partial charge in [-0.25, -0.2) is 4.39 Å². The number of thioether (sulfide) groups is 1. The maximum absolute atomic E-state index is 14.3. The van der Waals surface area contributed by atoms with Crippen molar-refractivity contribution in [1.82, 2.24) is 10.2 Å². The van der Waals surface area contributed by atoms with Crippen LogP contribution in [0.1, 0.15) is 48.1 Å². The number of nitrogens with zero attached hydrogens (tertiary/aromatic N) is 3. The van der Waals surface area contributed by atoms with Crippen molar-refractivity contribution >= 4 is 45.7 Å². The first-order valence-corrected chi connectivity index (χ1v) is 15.0. The number of ether oxygens (including phenoxy) is 1. The number of hydrogen-bond acceptors (Lipinski definition) is 8. The zero-order valence-corrected chi connectivity index (χ0v) is 24.2. The molecule has 0 unspecified atom stereocenters. The Hall–Kier alpha value is -4.02. The molecule has 10 heteroatoms. The zero-order valence-electron chi connectivity index (χ0n) is 22.5. The normalized spacial score (nSPS) is 16.4. The molecule has 4 aromatic rings. The molecule has 1 aliphatic heterocycles. The van der Waals surface area contributed by atoms with Crippen molar-refractivity contribution in [1.29, 1.82) is 0 Å². The molecule has 1 fully saturated rings. The standard InChI is InChI=1S/C31H28FN3O4S2/c1-3-4-16-39-24-14-12-21(13-15-24)27(36)25-26(22-6-5-7-23(32)17-22)35(29(38)28(25)37)30-33-34-31(41-30)40-18-20-10-8-19(2)9-11-20/h5-15,17,26,36H,3-4,16,18H2,1-2H3/t26-/m0/s1. The molecule has 2 heterocycles. The number of carbonyl (C=O) groups is 2. The highest BCUT2D eigenvalue weighted by atomic mass is 32.2. The maximum Gasteiger partial charge on any atom is 0.301 e. The third-order valence-corrected chi connectivity index (χ3v) is 8.72. The van der Waals surface area contributed by atoms with Crippen LogP contribution < -0.4 is 9.64 Å². The van der Waals surface area contributed by atoms with Gasteiger partial charge in [0.05, 0.1) is 18.2 Å². The molecule has 0 bridgehead atoms. The van der Waals surface area contributed by atoms with Gasteiger partial charge in [0.2, 0.25) is 5.13 Å². The van der Waals surface area contributed by atoms with Gasteiger partial charge in [-0.15, -0.1) is 10.2 Å². The first-order chi connectivity index (χ1) is 19.9. The van der Waals surface area contributed by atoms with Gasteiger partial charge in [0.25, 0.3) is 5.78 Å². The average molecular weight is 590 g/mol. The molecule has 1 amide bonds. The molecular weight excluding hydrogens is 561 g/mol. The second kappa shape index (κ2) is 12.7. The number of halogens is 1. The van der Waals surface area contributed by atoms with Gasteiger partial charge < -0.3 is 9.84 Å². The van der Waals surface area contributed by atoms with Crippen LogP contribution in [0, 0.1) is 12.7 Å². The summed E-state index contributed by atoms with van der Waals surface area (Å²) in [6.07, 6.45) is 1.91. The number of hydrogen-bond donors (Lipinski definition) is 1. The van der Waals surface area contributed by atoms with E-state index < -0.39 is 23.5 Å². The van der Waals surface area contributed by atoms with E-state index in [1.165, 1.54) is 40.4 Å². The number of benzene rings is 3. The Bertz CT molecular complexity index is 1590. The predicted molar refractivity (Wildman–Crippen MR) is 159 cm³/mol. The minimum Gasteiger partial charge on any atom is -0.507 e. The molecule has 1 atom stereocenters. The van der Waals surface area contributed by atoms with Crippen LogP contribution >= 0.6 is 23.1 Å². The highest BCUT2D eigenvalue weighted by Crippen LogP contribution is 2.44. The van der Waals surface area contributed by atoms with Crippen LogP contribution in [-0.2, 0) is 15.3 Å². The highest BCUT2D eigenvalue weighted by molar-refractivity contribution is 8.00. The Kier molecular flexibility index (Phi) is 8.80. The molecule has 0 radical (unpaired) electrons. The number of anilines is 1. The molecule has 1 saturated heterocycles. The highest BCUT2D eigenvalue weighted by Gasteiger charge is 2.48. The van der Waals surface area contributed by atoms with Gasteiger partial charge in [0.15, 0.2) is 4.34 Å². The van der Waals surface area contributed by atoms with Gasteiger partial charge in [-0.05, 0) is 60.9 Å². The first-order valence-electron chi connectivity index (χ1n) is 13.2. The lowest BCUT2D eigenvalue weighted by Gasteiger charge is -2.22. The van der Waals surface area contributed by atoms with Crippen LogP contribution in [0.25, 0.3) is 5.76 Å². The fourth-order valence-electron chi connectivity index (χ4n) is 4.41.